The smallest absolute Gasteiger partial charge is 0.316 e. The van der Waals surface area contributed by atoms with Gasteiger partial charge in [-0.05, 0) is 18.4 Å². The normalized spacial score (nSPS) is 39.7. The van der Waals surface area contributed by atoms with Crippen LogP contribution in [0.4, 0.5) is 0 Å². The first-order valence-corrected chi connectivity index (χ1v) is 9.33. The first-order valence-electron chi connectivity index (χ1n) is 9.33. The lowest BCUT2D eigenvalue weighted by Crippen LogP contribution is -2.76. The van der Waals surface area contributed by atoms with Gasteiger partial charge in [-0.25, -0.2) is 0 Å². The molecule has 24 heavy (non-hydrogen) atoms. The number of rotatable bonds is 7. The first kappa shape index (κ1) is 16.1. The van der Waals surface area contributed by atoms with Crippen LogP contribution in [0.5, 0.6) is 0 Å². The summed E-state index contributed by atoms with van der Waals surface area (Å²) >= 11 is 0. The van der Waals surface area contributed by atoms with Crippen LogP contribution in [0.25, 0.3) is 0 Å². The van der Waals surface area contributed by atoms with E-state index in [9.17, 15) is 9.90 Å². The number of carbonyl (C=O) groups is 1. The predicted molar refractivity (Wildman–Crippen MR) is 91.3 cm³/mol. The van der Waals surface area contributed by atoms with Crippen LogP contribution in [0.15, 0.2) is 30.3 Å². The molecule has 2 aliphatic carbocycles. The van der Waals surface area contributed by atoms with Gasteiger partial charge in [0.1, 0.15) is 18.0 Å². The largest absolute Gasteiger partial charge is 0.449 e. The van der Waals surface area contributed by atoms with Crippen LogP contribution in [-0.4, -0.2) is 53.9 Å². The molecule has 3 aliphatic rings. The Morgan fingerprint density at radius 2 is 1.96 bits per heavy atom. The van der Waals surface area contributed by atoms with Crippen molar-refractivity contribution >= 4 is 5.97 Å². The molecular weight excluding hydrogens is 302 g/mol. The van der Waals surface area contributed by atoms with Crippen LogP contribution in [0.3, 0.4) is 0 Å². The van der Waals surface area contributed by atoms with Gasteiger partial charge in [-0.15, -0.1) is 0 Å². The zero-order chi connectivity index (χ0) is 16.9. The van der Waals surface area contributed by atoms with Gasteiger partial charge in [-0.1, -0.05) is 43.7 Å². The summed E-state index contributed by atoms with van der Waals surface area (Å²) in [7, 11) is 2.35. The third-order valence-electron chi connectivity index (χ3n) is 6.72. The van der Waals surface area contributed by atoms with Gasteiger partial charge in [0.25, 0.3) is 0 Å². The summed E-state index contributed by atoms with van der Waals surface area (Å²) in [6.07, 6.45) is 3.85. The Kier molecular flexibility index (Phi) is 3.92. The SMILES string of the molecule is CCCC[N+]1(C)C2C3CC3C1C2OC(=O)C(CO)c1ccccc1. The fourth-order valence-corrected chi connectivity index (χ4v) is 5.51. The van der Waals surface area contributed by atoms with E-state index in [1.54, 1.807) is 0 Å². The van der Waals surface area contributed by atoms with E-state index in [2.05, 4.69) is 14.0 Å². The molecule has 4 heteroatoms. The molecule has 5 unspecified atom stereocenters. The van der Waals surface area contributed by atoms with Crippen molar-refractivity contribution in [1.29, 1.82) is 0 Å². The highest BCUT2D eigenvalue weighted by atomic mass is 16.6. The highest BCUT2D eigenvalue weighted by Crippen LogP contribution is 2.67. The van der Waals surface area contributed by atoms with Gasteiger partial charge in [0, 0.05) is 11.8 Å². The molecule has 0 spiro atoms. The lowest BCUT2D eigenvalue weighted by Gasteiger charge is -2.56. The van der Waals surface area contributed by atoms with Gasteiger partial charge in [0.05, 0.1) is 20.2 Å². The molecule has 1 heterocycles. The van der Waals surface area contributed by atoms with Gasteiger partial charge in [-0.3, -0.25) is 4.79 Å². The highest BCUT2D eigenvalue weighted by molar-refractivity contribution is 5.78. The van der Waals surface area contributed by atoms with Gasteiger partial charge in [-0.2, -0.15) is 0 Å². The van der Waals surface area contributed by atoms with Crippen LogP contribution in [-0.2, 0) is 9.53 Å². The van der Waals surface area contributed by atoms with E-state index in [1.807, 2.05) is 30.3 Å². The molecule has 0 aromatic heterocycles. The van der Waals surface area contributed by atoms with Crippen molar-refractivity contribution in [2.24, 2.45) is 11.8 Å². The Hall–Kier alpha value is -1.39. The van der Waals surface area contributed by atoms with Crippen LogP contribution in [0.1, 0.15) is 37.7 Å². The number of quaternary nitrogens is 1. The second-order valence-corrected chi connectivity index (χ2v) is 8.02. The molecule has 0 amide bonds. The summed E-state index contributed by atoms with van der Waals surface area (Å²) in [5, 5.41) is 9.68. The summed E-state index contributed by atoms with van der Waals surface area (Å²) in [4.78, 5) is 12.7. The van der Waals surface area contributed by atoms with Gasteiger partial charge >= 0.3 is 5.97 Å². The number of esters is 1. The number of unbranched alkanes of at least 4 members (excludes halogenated alkanes) is 1. The van der Waals surface area contributed by atoms with Crippen molar-refractivity contribution in [3.63, 3.8) is 0 Å². The van der Waals surface area contributed by atoms with E-state index in [4.69, 9.17) is 4.74 Å². The van der Waals surface area contributed by atoms with Crippen LogP contribution in [0.2, 0.25) is 0 Å². The molecule has 4 nitrogen and oxygen atoms in total. The number of hydrogen-bond donors (Lipinski definition) is 1. The topological polar surface area (TPSA) is 46.5 Å². The fourth-order valence-electron chi connectivity index (χ4n) is 5.51. The van der Waals surface area contributed by atoms with Crippen molar-refractivity contribution in [3.8, 4) is 0 Å². The number of likely N-dealkylation sites (N-methyl/N-ethyl adjacent to an activating group) is 1. The maximum absolute atomic E-state index is 12.7. The molecule has 2 bridgehead atoms. The van der Waals surface area contributed by atoms with Gasteiger partial charge in [0.15, 0.2) is 0 Å². The number of piperidine rings is 1. The van der Waals surface area contributed by atoms with E-state index >= 15 is 0 Å². The Morgan fingerprint density at radius 1 is 1.29 bits per heavy atom. The third-order valence-corrected chi connectivity index (χ3v) is 6.72. The van der Waals surface area contributed by atoms with Gasteiger partial charge in [0.2, 0.25) is 6.10 Å². The standard InChI is InChI=1S/C20H28NO3/c1-3-4-10-21(2)17-14-11-15(14)18(21)19(17)24-20(23)16(12-22)13-8-6-5-7-9-13/h5-9,14-19,22H,3-4,10-12H2,1-2H3/q+1. The lowest BCUT2D eigenvalue weighted by molar-refractivity contribution is -0.998. The molecule has 1 aromatic rings. The van der Waals surface area contributed by atoms with Crippen molar-refractivity contribution in [2.75, 3.05) is 20.2 Å². The second-order valence-electron chi connectivity index (χ2n) is 8.02. The summed E-state index contributed by atoms with van der Waals surface area (Å²) < 4.78 is 7.05. The average molecular weight is 330 g/mol. The number of fused-ring (bicyclic) bond motifs is 5. The van der Waals surface area contributed by atoms with E-state index in [0.29, 0.717) is 12.1 Å². The highest BCUT2D eigenvalue weighted by Gasteiger charge is 2.82. The Morgan fingerprint density at radius 3 is 2.54 bits per heavy atom. The maximum atomic E-state index is 12.7. The van der Waals surface area contributed by atoms with E-state index in [-0.39, 0.29) is 18.7 Å². The van der Waals surface area contributed by atoms with Gasteiger partial charge < -0.3 is 14.3 Å². The quantitative estimate of drug-likeness (QED) is 0.616. The molecule has 5 atom stereocenters. The van der Waals surface area contributed by atoms with E-state index < -0.39 is 5.92 Å². The minimum Gasteiger partial charge on any atom is -0.449 e. The summed E-state index contributed by atoms with van der Waals surface area (Å²) in [5.41, 5.74) is 0.838. The van der Waals surface area contributed by atoms with E-state index in [0.717, 1.165) is 21.9 Å². The molecule has 3 fully saturated rings. The summed E-state index contributed by atoms with van der Waals surface area (Å²) in [6, 6.07) is 10.5. The lowest BCUT2D eigenvalue weighted by atomic mass is 9.87. The van der Waals surface area contributed by atoms with Crippen molar-refractivity contribution in [3.05, 3.63) is 35.9 Å². The predicted octanol–water partition coefficient (Wildman–Crippen LogP) is 2.32. The molecule has 1 N–H and O–H groups in total. The number of nitrogens with zero attached hydrogens (tertiary/aromatic N) is 1. The van der Waals surface area contributed by atoms with Crippen LogP contribution >= 0.6 is 0 Å². The molecule has 1 aromatic carbocycles. The van der Waals surface area contributed by atoms with Crippen LogP contribution < -0.4 is 0 Å². The van der Waals surface area contributed by atoms with Crippen molar-refractivity contribution < 1.29 is 19.1 Å². The number of benzene rings is 1. The minimum atomic E-state index is -0.558. The monoisotopic (exact) mass is 330 g/mol. The number of hydrogen-bond acceptors (Lipinski definition) is 3. The van der Waals surface area contributed by atoms with Crippen LogP contribution in [0, 0.1) is 11.8 Å². The third kappa shape index (κ3) is 2.23. The maximum Gasteiger partial charge on any atom is 0.316 e. The molecule has 0 radical (unpaired) electrons. The molecule has 2 saturated carbocycles. The Bertz CT molecular complexity index is 601. The minimum absolute atomic E-state index is 0.0702. The molecule has 1 saturated heterocycles. The van der Waals surface area contributed by atoms with Crippen molar-refractivity contribution in [1.82, 2.24) is 0 Å². The molecular formula is C20H28NO3+. The number of likely N-dealkylation sites (tertiary alicyclic amines) is 1. The molecule has 1 aliphatic heterocycles. The van der Waals surface area contributed by atoms with E-state index in [1.165, 1.54) is 25.8 Å². The zero-order valence-corrected chi connectivity index (χ0v) is 14.6. The Balaban J connectivity index is 1.44. The molecule has 4 rings (SSSR count). The molecule has 130 valence electrons. The fraction of sp³-hybridized carbons (Fsp3) is 0.650. The Labute approximate surface area is 144 Å². The number of aliphatic hydroxyl groups excluding tert-OH is 1. The zero-order valence-electron chi connectivity index (χ0n) is 14.6. The summed E-state index contributed by atoms with van der Waals surface area (Å²) in [5.74, 6) is 0.710. The number of carbonyl (C=O) groups excluding carboxylic acids is 1. The first-order chi connectivity index (χ1) is 11.6. The number of ether oxygens (including phenoxy) is 1. The second kappa shape index (κ2) is 5.85. The summed E-state index contributed by atoms with van der Waals surface area (Å²) in [6.45, 7) is 3.24. The average Bonchev–Trinajstić information content (AvgIpc) is 3.19. The number of aliphatic hydroxyl groups is 1. The van der Waals surface area contributed by atoms with Crippen molar-refractivity contribution in [2.45, 2.75) is 50.3 Å².